The molecule has 0 saturated heterocycles. The molecule has 17 nitrogen and oxygen atoms in total. The van der Waals surface area contributed by atoms with E-state index in [0.29, 0.717) is 25.7 Å². The Morgan fingerprint density at radius 3 is 0.809 bits per heavy atom. The number of carbonyl (C=O) groups is 4. The van der Waals surface area contributed by atoms with Gasteiger partial charge in [-0.25, -0.2) is 9.13 Å². The Balaban J connectivity index is 5.27. The first-order valence-corrected chi connectivity index (χ1v) is 42.0. The maximum Gasteiger partial charge on any atom is 0.472 e. The highest BCUT2D eigenvalue weighted by molar-refractivity contribution is 7.47. The number of aliphatic hydroxyl groups is 1. The number of hydrogen-bond acceptors (Lipinski definition) is 15. The van der Waals surface area contributed by atoms with Crippen molar-refractivity contribution in [3.05, 3.63) is 0 Å². The number of carbonyl (C=O) groups excluding carboxylic acids is 4. The summed E-state index contributed by atoms with van der Waals surface area (Å²) in [4.78, 5) is 72.8. The van der Waals surface area contributed by atoms with Crippen LogP contribution in [-0.4, -0.2) is 96.7 Å². The molecule has 0 aliphatic carbocycles. The van der Waals surface area contributed by atoms with Crippen molar-refractivity contribution >= 4 is 39.5 Å². The van der Waals surface area contributed by atoms with Gasteiger partial charge in [-0.1, -0.05) is 337 Å². The topological polar surface area (TPSA) is 237 Å². The molecule has 0 aliphatic rings. The molecule has 0 fully saturated rings. The van der Waals surface area contributed by atoms with Gasteiger partial charge in [-0.3, -0.25) is 37.3 Å². The van der Waals surface area contributed by atoms with Crippen LogP contribution in [0.3, 0.4) is 0 Å². The summed E-state index contributed by atoms with van der Waals surface area (Å²) in [5.41, 5.74) is 0. The van der Waals surface area contributed by atoms with E-state index in [1.807, 2.05) is 0 Å². The van der Waals surface area contributed by atoms with Gasteiger partial charge in [0.15, 0.2) is 12.2 Å². The summed E-state index contributed by atoms with van der Waals surface area (Å²) in [7, 11) is -9.91. The average molecular weight is 1380 g/mol. The van der Waals surface area contributed by atoms with Gasteiger partial charge >= 0.3 is 39.5 Å². The molecular formula is C75H146O17P2. The van der Waals surface area contributed by atoms with Crippen LogP contribution < -0.4 is 0 Å². The van der Waals surface area contributed by atoms with Crippen LogP contribution in [0.2, 0.25) is 0 Å². The van der Waals surface area contributed by atoms with Gasteiger partial charge in [0.1, 0.15) is 19.3 Å². The SMILES string of the molecule is CCCCCCCCCCCCCCCCCC(=O)O[C@H](COC(=O)CCCCCCCCCCCCCCCC)COP(=O)(O)OC[C@@H](O)COP(=O)(O)OC[C@@H](COC(=O)CCCCCCCCCCC(C)CC)OC(=O)CCCCCCCCCCCCC(C)C. The van der Waals surface area contributed by atoms with E-state index in [9.17, 15) is 43.2 Å². The van der Waals surface area contributed by atoms with Gasteiger partial charge in [-0.05, 0) is 37.5 Å². The summed E-state index contributed by atoms with van der Waals surface area (Å²) in [5, 5.41) is 10.6. The summed E-state index contributed by atoms with van der Waals surface area (Å²) in [6.45, 7) is 9.59. The van der Waals surface area contributed by atoms with Gasteiger partial charge in [0.05, 0.1) is 26.4 Å². The number of esters is 4. The van der Waals surface area contributed by atoms with Gasteiger partial charge in [-0.15, -0.1) is 0 Å². The lowest BCUT2D eigenvalue weighted by Crippen LogP contribution is -2.30. The fraction of sp³-hybridized carbons (Fsp3) is 0.947. The lowest BCUT2D eigenvalue weighted by Gasteiger charge is -2.21. The van der Waals surface area contributed by atoms with Crippen LogP contribution in [0.1, 0.15) is 388 Å². The molecule has 0 amide bonds. The third-order valence-electron chi connectivity index (χ3n) is 17.8. The molecule has 0 rings (SSSR count). The van der Waals surface area contributed by atoms with E-state index < -0.39 is 97.5 Å². The molecule has 0 aromatic heterocycles. The van der Waals surface area contributed by atoms with Crippen LogP contribution in [0.15, 0.2) is 0 Å². The first kappa shape index (κ1) is 92.1. The second-order valence-corrected chi connectivity index (χ2v) is 30.7. The maximum atomic E-state index is 13.1. The largest absolute Gasteiger partial charge is 0.472 e. The smallest absolute Gasteiger partial charge is 0.462 e. The van der Waals surface area contributed by atoms with Gasteiger partial charge < -0.3 is 33.8 Å². The Bertz CT molecular complexity index is 1820. The van der Waals surface area contributed by atoms with Crippen molar-refractivity contribution in [2.24, 2.45) is 11.8 Å². The summed E-state index contributed by atoms with van der Waals surface area (Å²) in [6.07, 6.45) is 53.9. The molecular weight excluding hydrogens is 1230 g/mol. The highest BCUT2D eigenvalue weighted by atomic mass is 31.2. The van der Waals surface area contributed by atoms with Crippen molar-refractivity contribution in [1.82, 2.24) is 0 Å². The molecule has 0 radical (unpaired) electrons. The first-order valence-electron chi connectivity index (χ1n) is 39.0. The number of hydrogen-bond donors (Lipinski definition) is 3. The molecule has 19 heteroatoms. The number of unbranched alkanes of at least 4 members (excludes halogenated alkanes) is 43. The van der Waals surface area contributed by atoms with Crippen molar-refractivity contribution in [3.63, 3.8) is 0 Å². The Labute approximate surface area is 575 Å². The third kappa shape index (κ3) is 67.3. The van der Waals surface area contributed by atoms with E-state index in [2.05, 4.69) is 41.5 Å². The minimum Gasteiger partial charge on any atom is -0.462 e. The molecule has 0 aromatic carbocycles. The lowest BCUT2D eigenvalue weighted by atomic mass is 9.99. The number of rotatable bonds is 74. The number of phosphoric acid groups is 2. The minimum absolute atomic E-state index is 0.106. The molecule has 94 heavy (non-hydrogen) atoms. The van der Waals surface area contributed by atoms with Crippen LogP contribution in [-0.2, 0) is 65.4 Å². The molecule has 3 unspecified atom stereocenters. The van der Waals surface area contributed by atoms with E-state index in [1.54, 1.807) is 0 Å². The van der Waals surface area contributed by atoms with E-state index in [-0.39, 0.29) is 25.7 Å². The van der Waals surface area contributed by atoms with Gasteiger partial charge in [0.2, 0.25) is 0 Å². The molecule has 0 saturated carbocycles. The van der Waals surface area contributed by atoms with Crippen LogP contribution in [0.25, 0.3) is 0 Å². The minimum atomic E-state index is -4.96. The fourth-order valence-corrected chi connectivity index (χ4v) is 13.0. The van der Waals surface area contributed by atoms with Gasteiger partial charge in [0.25, 0.3) is 0 Å². The highest BCUT2D eigenvalue weighted by Crippen LogP contribution is 2.45. The van der Waals surface area contributed by atoms with Crippen molar-refractivity contribution < 1.29 is 80.2 Å². The summed E-state index contributed by atoms with van der Waals surface area (Å²) < 4.78 is 68.5. The van der Waals surface area contributed by atoms with Crippen LogP contribution in [0.5, 0.6) is 0 Å². The maximum absolute atomic E-state index is 13.1. The molecule has 3 N–H and O–H groups in total. The zero-order valence-corrected chi connectivity index (χ0v) is 63.1. The van der Waals surface area contributed by atoms with Crippen LogP contribution in [0.4, 0.5) is 0 Å². The Kier molecular flexibility index (Phi) is 65.5. The standard InChI is InChI=1S/C75H146O17P2/c1-7-10-12-14-16-18-20-22-24-26-28-33-41-47-53-59-74(79)91-70(63-85-72(77)57-51-45-39-32-27-25-23-21-19-17-15-13-11-8-2)65-89-93(81,82)87-61-69(76)62-88-94(83,84)90-66-71(64-86-73(78)58-52-46-40-36-35-38-44-50-56-68(6)9-3)92-75(80)60-54-48-42-34-30-29-31-37-43-49-55-67(4)5/h67-71,76H,7-66H2,1-6H3,(H,81,82)(H,83,84)/t68?,69-,70-,71-/m1/s1. The van der Waals surface area contributed by atoms with E-state index in [0.717, 1.165) is 102 Å². The zero-order chi connectivity index (χ0) is 69.3. The molecule has 6 atom stereocenters. The summed E-state index contributed by atoms with van der Waals surface area (Å²) in [6, 6.07) is 0. The first-order chi connectivity index (χ1) is 45.4. The second-order valence-electron chi connectivity index (χ2n) is 27.8. The number of aliphatic hydroxyl groups excluding tert-OH is 1. The lowest BCUT2D eigenvalue weighted by molar-refractivity contribution is -0.161. The molecule has 0 spiro atoms. The Hall–Kier alpha value is -1.94. The van der Waals surface area contributed by atoms with Crippen LogP contribution >= 0.6 is 15.6 Å². The van der Waals surface area contributed by atoms with Gasteiger partial charge in [0, 0.05) is 25.7 Å². The van der Waals surface area contributed by atoms with Gasteiger partial charge in [-0.2, -0.15) is 0 Å². The fourth-order valence-electron chi connectivity index (χ4n) is 11.4. The van der Waals surface area contributed by atoms with Crippen LogP contribution in [0, 0.1) is 11.8 Å². The third-order valence-corrected chi connectivity index (χ3v) is 19.7. The molecule has 0 aromatic rings. The molecule has 558 valence electrons. The predicted molar refractivity (Wildman–Crippen MR) is 381 cm³/mol. The van der Waals surface area contributed by atoms with Crippen molar-refractivity contribution in [2.75, 3.05) is 39.6 Å². The quantitative estimate of drug-likeness (QED) is 0.0222. The predicted octanol–water partition coefficient (Wildman–Crippen LogP) is 21.9. The van der Waals surface area contributed by atoms with E-state index in [4.69, 9.17) is 37.0 Å². The zero-order valence-electron chi connectivity index (χ0n) is 61.3. The number of ether oxygens (including phenoxy) is 4. The molecule has 0 aliphatic heterocycles. The normalized spacial score (nSPS) is 14.3. The van der Waals surface area contributed by atoms with E-state index in [1.165, 1.54) is 205 Å². The highest BCUT2D eigenvalue weighted by Gasteiger charge is 2.30. The molecule has 0 heterocycles. The monoisotopic (exact) mass is 1380 g/mol. The summed E-state index contributed by atoms with van der Waals surface area (Å²) >= 11 is 0. The Morgan fingerprint density at radius 2 is 0.543 bits per heavy atom. The second kappa shape index (κ2) is 66.9. The average Bonchev–Trinajstić information content (AvgIpc) is 1.28. The Morgan fingerprint density at radius 1 is 0.309 bits per heavy atom. The van der Waals surface area contributed by atoms with Crippen molar-refractivity contribution in [3.8, 4) is 0 Å². The van der Waals surface area contributed by atoms with E-state index >= 15 is 0 Å². The summed E-state index contributed by atoms with van der Waals surface area (Å²) in [5.74, 6) is -0.585. The van der Waals surface area contributed by atoms with Crippen molar-refractivity contribution in [2.45, 2.75) is 407 Å². The van der Waals surface area contributed by atoms with Crippen molar-refractivity contribution in [1.29, 1.82) is 0 Å². The molecule has 0 bridgehead atoms. The number of phosphoric ester groups is 2.